The second-order valence-corrected chi connectivity index (χ2v) is 7.04. The van der Waals surface area contributed by atoms with Crippen LogP contribution in [0, 0.1) is 5.92 Å². The molecule has 2 heterocycles. The number of piperidine rings is 1. The highest BCUT2D eigenvalue weighted by molar-refractivity contribution is 5.74. The third-order valence-corrected chi connectivity index (χ3v) is 5.16. The van der Waals surface area contributed by atoms with Crippen LogP contribution in [0.5, 0.6) is 0 Å². The molecule has 0 aliphatic carbocycles. The molecule has 0 saturated carbocycles. The maximum absolute atomic E-state index is 12.4. The van der Waals surface area contributed by atoms with Crippen LogP contribution in [0.15, 0.2) is 0 Å². The predicted octanol–water partition coefficient (Wildman–Crippen LogP) is 2.32. The highest BCUT2D eigenvalue weighted by atomic mass is 16.5. The molecule has 1 atom stereocenters. The van der Waals surface area contributed by atoms with Crippen LogP contribution in [0.2, 0.25) is 0 Å². The Kier molecular flexibility index (Phi) is 6.50. The number of hydrogen-bond acceptors (Lipinski definition) is 3. The van der Waals surface area contributed by atoms with Gasteiger partial charge < -0.3 is 19.9 Å². The van der Waals surface area contributed by atoms with Crippen molar-refractivity contribution in [3.05, 3.63) is 0 Å². The van der Waals surface area contributed by atoms with Gasteiger partial charge in [-0.3, -0.25) is 0 Å². The number of ether oxygens (including phenoxy) is 1. The number of rotatable bonds is 5. The van der Waals surface area contributed by atoms with Gasteiger partial charge in [0.05, 0.1) is 18.8 Å². The molecule has 0 aromatic rings. The summed E-state index contributed by atoms with van der Waals surface area (Å²) in [6, 6.07) is 0.0824. The first-order valence-electron chi connectivity index (χ1n) is 8.95. The van der Waals surface area contributed by atoms with E-state index in [-0.39, 0.29) is 11.6 Å². The lowest BCUT2D eigenvalue weighted by Crippen LogP contribution is -2.55. The molecule has 0 unspecified atom stereocenters. The van der Waals surface area contributed by atoms with E-state index in [1.54, 1.807) is 0 Å². The molecule has 2 amide bonds. The molecule has 2 aliphatic rings. The molecule has 1 N–H and O–H groups in total. The molecule has 22 heavy (non-hydrogen) atoms. The maximum Gasteiger partial charge on any atom is 0.317 e. The van der Waals surface area contributed by atoms with E-state index in [0.717, 1.165) is 13.0 Å². The molecular weight excluding hydrogens is 278 g/mol. The molecule has 2 aliphatic heterocycles. The van der Waals surface area contributed by atoms with Crippen LogP contribution in [-0.4, -0.2) is 67.3 Å². The van der Waals surface area contributed by atoms with E-state index >= 15 is 0 Å². The van der Waals surface area contributed by atoms with Crippen LogP contribution >= 0.6 is 0 Å². The summed E-state index contributed by atoms with van der Waals surface area (Å²) >= 11 is 0. The van der Waals surface area contributed by atoms with E-state index in [0.29, 0.717) is 25.6 Å². The summed E-state index contributed by atoms with van der Waals surface area (Å²) in [6.07, 6.45) is 4.58. The molecule has 2 rings (SSSR count). The number of urea groups is 1. The van der Waals surface area contributed by atoms with Gasteiger partial charge in [-0.05, 0) is 58.2 Å². The van der Waals surface area contributed by atoms with Crippen LogP contribution in [-0.2, 0) is 4.74 Å². The molecule has 0 bridgehead atoms. The Morgan fingerprint density at radius 1 is 1.27 bits per heavy atom. The van der Waals surface area contributed by atoms with Crippen molar-refractivity contribution in [3.63, 3.8) is 0 Å². The topological polar surface area (TPSA) is 44.8 Å². The summed E-state index contributed by atoms with van der Waals surface area (Å²) in [6.45, 7) is 12.9. The second kappa shape index (κ2) is 8.16. The monoisotopic (exact) mass is 311 g/mol. The van der Waals surface area contributed by atoms with Crippen molar-refractivity contribution in [2.75, 3.05) is 45.9 Å². The molecule has 5 nitrogen and oxygen atoms in total. The lowest BCUT2D eigenvalue weighted by molar-refractivity contribution is -0.0873. The number of hydrogen-bond donors (Lipinski definition) is 1. The van der Waals surface area contributed by atoms with Gasteiger partial charge in [-0.2, -0.15) is 0 Å². The predicted molar refractivity (Wildman–Crippen MR) is 89.1 cm³/mol. The van der Waals surface area contributed by atoms with E-state index in [4.69, 9.17) is 4.74 Å². The standard InChI is InChI=1S/C17H33N3O2/c1-4-8-19-9-6-15(7-10-19)13-18-16(21)20-11-12-22-17(3,5-2)14-20/h15H,4-14H2,1-3H3,(H,18,21)/t17-/m0/s1. The van der Waals surface area contributed by atoms with Gasteiger partial charge in [0.15, 0.2) is 0 Å². The second-order valence-electron chi connectivity index (χ2n) is 7.04. The Bertz CT molecular complexity index is 356. The van der Waals surface area contributed by atoms with Crippen molar-refractivity contribution in [2.45, 2.75) is 52.1 Å². The van der Waals surface area contributed by atoms with Crippen molar-refractivity contribution in [1.82, 2.24) is 15.1 Å². The van der Waals surface area contributed by atoms with Crippen molar-refractivity contribution in [1.29, 1.82) is 0 Å². The molecule has 0 spiro atoms. The first kappa shape index (κ1) is 17.5. The van der Waals surface area contributed by atoms with Crippen LogP contribution < -0.4 is 5.32 Å². The van der Waals surface area contributed by atoms with Crippen LogP contribution in [0.3, 0.4) is 0 Å². The highest BCUT2D eigenvalue weighted by Crippen LogP contribution is 2.21. The van der Waals surface area contributed by atoms with Crippen molar-refractivity contribution >= 4 is 6.03 Å². The van der Waals surface area contributed by atoms with Gasteiger partial charge in [0.25, 0.3) is 0 Å². The molecule has 0 aromatic carbocycles. The zero-order valence-corrected chi connectivity index (χ0v) is 14.6. The number of amides is 2. The van der Waals surface area contributed by atoms with Crippen LogP contribution in [0.1, 0.15) is 46.5 Å². The normalized spacial score (nSPS) is 27.9. The summed E-state index contributed by atoms with van der Waals surface area (Å²) in [5.41, 5.74) is -0.179. The van der Waals surface area contributed by atoms with E-state index < -0.39 is 0 Å². The summed E-state index contributed by atoms with van der Waals surface area (Å²) in [5.74, 6) is 0.635. The Balaban J connectivity index is 1.70. The van der Waals surface area contributed by atoms with Gasteiger partial charge in [-0.1, -0.05) is 13.8 Å². The SMILES string of the molecule is CCCN1CCC(CNC(=O)N2CCO[C@@](C)(CC)C2)CC1. The summed E-state index contributed by atoms with van der Waals surface area (Å²) in [4.78, 5) is 16.8. The van der Waals surface area contributed by atoms with Crippen molar-refractivity contribution in [2.24, 2.45) is 5.92 Å². The van der Waals surface area contributed by atoms with E-state index in [1.165, 1.54) is 38.9 Å². The lowest BCUT2D eigenvalue weighted by Gasteiger charge is -2.40. The Labute approximate surface area is 135 Å². The zero-order chi connectivity index (χ0) is 16.0. The van der Waals surface area contributed by atoms with E-state index in [2.05, 4.69) is 31.0 Å². The minimum absolute atomic E-state index is 0.0824. The number of likely N-dealkylation sites (tertiary alicyclic amines) is 1. The summed E-state index contributed by atoms with van der Waals surface area (Å²) < 4.78 is 5.80. The molecule has 0 aromatic heterocycles. The molecule has 5 heteroatoms. The average Bonchev–Trinajstić information content (AvgIpc) is 2.54. The minimum Gasteiger partial charge on any atom is -0.372 e. The fourth-order valence-electron chi connectivity index (χ4n) is 3.39. The lowest BCUT2D eigenvalue weighted by atomic mass is 9.96. The average molecular weight is 311 g/mol. The third-order valence-electron chi connectivity index (χ3n) is 5.16. The number of carbonyl (C=O) groups excluding carboxylic acids is 1. The Hall–Kier alpha value is -0.810. The largest absolute Gasteiger partial charge is 0.372 e. The maximum atomic E-state index is 12.4. The molecule has 128 valence electrons. The van der Waals surface area contributed by atoms with Gasteiger partial charge in [-0.15, -0.1) is 0 Å². The van der Waals surface area contributed by atoms with Gasteiger partial charge in [0, 0.05) is 13.1 Å². The van der Waals surface area contributed by atoms with E-state index in [9.17, 15) is 4.79 Å². The number of carbonyl (C=O) groups is 1. The number of nitrogens with one attached hydrogen (secondary N) is 1. The highest BCUT2D eigenvalue weighted by Gasteiger charge is 2.32. The Morgan fingerprint density at radius 3 is 2.64 bits per heavy atom. The van der Waals surface area contributed by atoms with Gasteiger partial charge in [-0.25, -0.2) is 4.79 Å². The molecule has 2 fully saturated rings. The molecule has 2 saturated heterocycles. The summed E-state index contributed by atoms with van der Waals surface area (Å²) in [7, 11) is 0. The van der Waals surface area contributed by atoms with Gasteiger partial charge in [0.2, 0.25) is 0 Å². The zero-order valence-electron chi connectivity index (χ0n) is 14.6. The van der Waals surface area contributed by atoms with Gasteiger partial charge >= 0.3 is 6.03 Å². The number of nitrogens with zero attached hydrogens (tertiary/aromatic N) is 2. The summed E-state index contributed by atoms with van der Waals surface area (Å²) in [5, 5.41) is 3.14. The van der Waals surface area contributed by atoms with Crippen LogP contribution in [0.4, 0.5) is 4.79 Å². The van der Waals surface area contributed by atoms with Crippen LogP contribution in [0.25, 0.3) is 0 Å². The smallest absolute Gasteiger partial charge is 0.317 e. The fraction of sp³-hybridized carbons (Fsp3) is 0.941. The molecule has 0 radical (unpaired) electrons. The Morgan fingerprint density at radius 2 is 2.00 bits per heavy atom. The molecular formula is C17H33N3O2. The number of morpholine rings is 1. The van der Waals surface area contributed by atoms with Gasteiger partial charge in [0.1, 0.15) is 0 Å². The van der Waals surface area contributed by atoms with E-state index in [1.807, 2.05) is 4.90 Å². The first-order chi connectivity index (χ1) is 10.6. The minimum atomic E-state index is -0.179. The van der Waals surface area contributed by atoms with Crippen molar-refractivity contribution < 1.29 is 9.53 Å². The quantitative estimate of drug-likeness (QED) is 0.847. The third kappa shape index (κ3) is 4.85. The fourth-order valence-corrected chi connectivity index (χ4v) is 3.39. The van der Waals surface area contributed by atoms with Crippen molar-refractivity contribution in [3.8, 4) is 0 Å². The first-order valence-corrected chi connectivity index (χ1v) is 8.95.